The zero-order chi connectivity index (χ0) is 22.9. The van der Waals surface area contributed by atoms with Crippen LogP contribution >= 0.6 is 0 Å². The SMILES string of the molecule is C=C/C(=C\C1=CN1Nc1ccc(Oc2ccnc(NC(=O)C3CC3)c2)cc1F)C(F)(F)F. The van der Waals surface area contributed by atoms with E-state index in [4.69, 9.17) is 4.74 Å². The van der Waals surface area contributed by atoms with Crippen molar-refractivity contribution in [1.82, 2.24) is 9.99 Å². The molecule has 2 aromatic rings. The minimum absolute atomic E-state index is 0.0278. The van der Waals surface area contributed by atoms with E-state index in [9.17, 15) is 22.4 Å². The lowest BCUT2D eigenvalue weighted by Crippen LogP contribution is -2.14. The smallest absolute Gasteiger partial charge is 0.416 e. The molecule has 166 valence electrons. The van der Waals surface area contributed by atoms with Crippen molar-refractivity contribution in [2.45, 2.75) is 19.0 Å². The number of anilines is 2. The highest BCUT2D eigenvalue weighted by Crippen LogP contribution is 2.34. The molecular formula is C22H18F4N4O2. The van der Waals surface area contributed by atoms with Gasteiger partial charge in [-0.3, -0.25) is 15.2 Å². The zero-order valence-electron chi connectivity index (χ0n) is 16.6. The first kappa shape index (κ1) is 21.4. The number of carbonyl (C=O) groups excluding carboxylic acids is 1. The molecule has 10 heteroatoms. The maximum absolute atomic E-state index is 14.5. The first-order chi connectivity index (χ1) is 15.2. The number of aromatic nitrogens is 1. The number of carbonyl (C=O) groups is 1. The van der Waals surface area contributed by atoms with Gasteiger partial charge in [-0.1, -0.05) is 12.7 Å². The molecule has 0 unspecified atom stereocenters. The fourth-order valence-corrected chi connectivity index (χ4v) is 2.76. The van der Waals surface area contributed by atoms with Crippen LogP contribution in [0.25, 0.3) is 0 Å². The molecule has 2 aliphatic rings. The third kappa shape index (κ3) is 5.26. The molecule has 2 heterocycles. The molecule has 1 aromatic carbocycles. The molecule has 1 aliphatic carbocycles. The van der Waals surface area contributed by atoms with Gasteiger partial charge < -0.3 is 10.1 Å². The van der Waals surface area contributed by atoms with Gasteiger partial charge in [-0.25, -0.2) is 9.37 Å². The standard InChI is InChI=1S/C22H18F4N4O2/c1-2-14(22(24,25)26)9-15-12-30(15)29-19-6-5-16(10-18(19)23)32-17-7-8-27-20(11-17)28-21(31)13-3-4-13/h2,5-13,29H,1,3-4H2,(H,27,28,31)/b14-9+. The molecule has 2 N–H and O–H groups in total. The monoisotopic (exact) mass is 446 g/mol. The fraction of sp³-hybridized carbons (Fsp3) is 0.182. The summed E-state index contributed by atoms with van der Waals surface area (Å²) in [5.74, 6) is 0.162. The van der Waals surface area contributed by atoms with Crippen LogP contribution in [0.1, 0.15) is 12.8 Å². The Labute approximate surface area is 180 Å². The van der Waals surface area contributed by atoms with Gasteiger partial charge in [-0.05, 0) is 37.1 Å². The number of nitrogens with zero attached hydrogens (tertiary/aromatic N) is 2. The summed E-state index contributed by atoms with van der Waals surface area (Å²) in [5, 5.41) is 3.96. The van der Waals surface area contributed by atoms with E-state index in [1.807, 2.05) is 0 Å². The summed E-state index contributed by atoms with van der Waals surface area (Å²) >= 11 is 0. The number of hydrazine groups is 1. The first-order valence-electron chi connectivity index (χ1n) is 9.66. The van der Waals surface area contributed by atoms with Gasteiger partial charge >= 0.3 is 6.18 Å². The third-order valence-corrected chi connectivity index (χ3v) is 4.67. The summed E-state index contributed by atoms with van der Waals surface area (Å²) in [6.45, 7) is 3.15. The lowest BCUT2D eigenvalue weighted by molar-refractivity contribution is -0.117. The predicted molar refractivity (Wildman–Crippen MR) is 110 cm³/mol. The van der Waals surface area contributed by atoms with Gasteiger partial charge in [0.25, 0.3) is 0 Å². The molecule has 4 rings (SSSR count). The zero-order valence-corrected chi connectivity index (χ0v) is 16.6. The number of pyridine rings is 1. The summed E-state index contributed by atoms with van der Waals surface area (Å²) in [6, 6.07) is 7.12. The lowest BCUT2D eigenvalue weighted by atomic mass is 10.2. The van der Waals surface area contributed by atoms with Gasteiger partial charge in [0.2, 0.25) is 5.91 Å². The molecule has 1 saturated carbocycles. The summed E-state index contributed by atoms with van der Waals surface area (Å²) < 4.78 is 58.4. The summed E-state index contributed by atoms with van der Waals surface area (Å²) in [7, 11) is 0. The van der Waals surface area contributed by atoms with Crippen LogP contribution in [0.4, 0.5) is 29.1 Å². The van der Waals surface area contributed by atoms with Gasteiger partial charge in [-0.2, -0.15) is 13.2 Å². The van der Waals surface area contributed by atoms with Crippen molar-refractivity contribution < 1.29 is 27.1 Å². The number of hydrogen-bond donors (Lipinski definition) is 2. The molecule has 0 atom stereocenters. The Kier molecular flexibility index (Phi) is 5.60. The van der Waals surface area contributed by atoms with Crippen LogP contribution in [0.3, 0.4) is 0 Å². The van der Waals surface area contributed by atoms with Crippen molar-refractivity contribution in [3.63, 3.8) is 0 Å². The van der Waals surface area contributed by atoms with E-state index in [0.717, 1.165) is 25.0 Å². The van der Waals surface area contributed by atoms with Crippen LogP contribution in [0.2, 0.25) is 0 Å². The minimum atomic E-state index is -4.52. The Bertz CT molecular complexity index is 1120. The Hall–Kier alpha value is -3.82. The Morgan fingerprint density at radius 2 is 1.97 bits per heavy atom. The molecule has 32 heavy (non-hydrogen) atoms. The van der Waals surface area contributed by atoms with E-state index in [0.29, 0.717) is 17.6 Å². The van der Waals surface area contributed by atoms with Gasteiger partial charge in [0.1, 0.15) is 17.3 Å². The number of rotatable bonds is 8. The van der Waals surface area contributed by atoms with E-state index in [2.05, 4.69) is 22.3 Å². The first-order valence-corrected chi connectivity index (χ1v) is 9.66. The van der Waals surface area contributed by atoms with Gasteiger partial charge in [-0.15, -0.1) is 0 Å². The highest BCUT2D eigenvalue weighted by molar-refractivity contribution is 5.93. The van der Waals surface area contributed by atoms with Crippen molar-refractivity contribution in [3.8, 4) is 11.5 Å². The van der Waals surface area contributed by atoms with Crippen LogP contribution in [-0.4, -0.2) is 22.1 Å². The summed E-state index contributed by atoms with van der Waals surface area (Å²) in [4.78, 5) is 15.9. The second-order valence-electron chi connectivity index (χ2n) is 7.22. The Morgan fingerprint density at radius 1 is 1.22 bits per heavy atom. The maximum Gasteiger partial charge on any atom is 0.416 e. The summed E-state index contributed by atoms with van der Waals surface area (Å²) in [6.07, 6.45) is 1.67. The number of alkyl halides is 3. The molecule has 0 spiro atoms. The van der Waals surface area contributed by atoms with Gasteiger partial charge in [0, 0.05) is 24.2 Å². The van der Waals surface area contributed by atoms with Crippen molar-refractivity contribution in [3.05, 3.63) is 78.5 Å². The van der Waals surface area contributed by atoms with Crippen LogP contribution in [0.5, 0.6) is 11.5 Å². The quantitative estimate of drug-likeness (QED) is 0.413. The summed E-state index contributed by atoms with van der Waals surface area (Å²) in [5.41, 5.74) is 2.04. The average Bonchev–Trinajstić information content (AvgIpc) is 3.64. The van der Waals surface area contributed by atoms with Crippen molar-refractivity contribution in [2.24, 2.45) is 5.92 Å². The second-order valence-corrected chi connectivity index (χ2v) is 7.22. The largest absolute Gasteiger partial charge is 0.457 e. The lowest BCUT2D eigenvalue weighted by Gasteiger charge is -2.13. The Morgan fingerprint density at radius 3 is 2.62 bits per heavy atom. The van der Waals surface area contributed by atoms with E-state index in [1.165, 1.54) is 35.6 Å². The molecule has 1 aromatic heterocycles. The van der Waals surface area contributed by atoms with E-state index in [-0.39, 0.29) is 29.0 Å². The topological polar surface area (TPSA) is 66.3 Å². The molecule has 1 fully saturated rings. The van der Waals surface area contributed by atoms with Crippen LogP contribution in [0.15, 0.2) is 72.7 Å². The third-order valence-electron chi connectivity index (χ3n) is 4.67. The predicted octanol–water partition coefficient (Wildman–Crippen LogP) is 5.52. The number of halogens is 4. The molecule has 1 aliphatic heterocycles. The number of allylic oxidation sites excluding steroid dienone is 3. The van der Waals surface area contributed by atoms with Crippen molar-refractivity contribution in [1.29, 1.82) is 0 Å². The molecule has 1 amide bonds. The highest BCUT2D eigenvalue weighted by Gasteiger charge is 2.33. The van der Waals surface area contributed by atoms with Crippen LogP contribution in [0, 0.1) is 11.7 Å². The van der Waals surface area contributed by atoms with Gasteiger partial charge in [0.05, 0.1) is 23.2 Å². The van der Waals surface area contributed by atoms with Crippen LogP contribution in [-0.2, 0) is 4.79 Å². The number of hydrogen-bond acceptors (Lipinski definition) is 5. The molecule has 0 bridgehead atoms. The van der Waals surface area contributed by atoms with E-state index in [1.54, 1.807) is 6.07 Å². The van der Waals surface area contributed by atoms with Crippen molar-refractivity contribution >= 4 is 17.4 Å². The highest BCUT2D eigenvalue weighted by atomic mass is 19.4. The maximum atomic E-state index is 14.5. The number of ether oxygens (including phenoxy) is 1. The number of amides is 1. The van der Waals surface area contributed by atoms with E-state index >= 15 is 0 Å². The average molecular weight is 446 g/mol. The number of benzene rings is 1. The molecule has 6 nitrogen and oxygen atoms in total. The molecular weight excluding hydrogens is 428 g/mol. The molecule has 0 radical (unpaired) electrons. The van der Waals surface area contributed by atoms with E-state index < -0.39 is 17.6 Å². The van der Waals surface area contributed by atoms with Gasteiger partial charge in [0.15, 0.2) is 5.82 Å². The second kappa shape index (κ2) is 8.37. The number of nitrogens with one attached hydrogen (secondary N) is 2. The Balaban J connectivity index is 1.37. The van der Waals surface area contributed by atoms with Crippen molar-refractivity contribution in [2.75, 3.05) is 10.7 Å². The van der Waals surface area contributed by atoms with Crippen LogP contribution < -0.4 is 15.5 Å². The molecule has 0 saturated heterocycles. The fourth-order valence-electron chi connectivity index (χ4n) is 2.76. The normalized spacial score (nSPS) is 15.7. The minimum Gasteiger partial charge on any atom is -0.457 e.